The van der Waals surface area contributed by atoms with E-state index in [0.29, 0.717) is 11.3 Å². The van der Waals surface area contributed by atoms with Gasteiger partial charge in [-0.2, -0.15) is 0 Å². The SMILES string of the molecule is Cl.O=C(Nc1cccnc1)c1ccc(CNS(=O)(=O)c2ccc(CN3CCOCC3)cc2)cc1. The summed E-state index contributed by atoms with van der Waals surface area (Å²) in [6, 6.07) is 17.2. The average Bonchev–Trinajstić information content (AvgIpc) is 2.85. The van der Waals surface area contributed by atoms with E-state index in [9.17, 15) is 13.2 Å². The van der Waals surface area contributed by atoms with Gasteiger partial charge in [-0.05, 0) is 47.5 Å². The summed E-state index contributed by atoms with van der Waals surface area (Å²) in [5, 5.41) is 2.76. The Morgan fingerprint density at radius 1 is 0.971 bits per heavy atom. The lowest BCUT2D eigenvalue weighted by atomic mass is 10.1. The van der Waals surface area contributed by atoms with Crippen molar-refractivity contribution >= 4 is 34.0 Å². The third kappa shape index (κ3) is 7.09. The molecule has 2 aromatic carbocycles. The zero-order valence-corrected chi connectivity index (χ0v) is 20.1. The van der Waals surface area contributed by atoms with Gasteiger partial charge in [0.05, 0.1) is 30.0 Å². The molecule has 34 heavy (non-hydrogen) atoms. The quantitative estimate of drug-likeness (QED) is 0.491. The lowest BCUT2D eigenvalue weighted by molar-refractivity contribution is 0.0342. The largest absolute Gasteiger partial charge is 0.379 e. The summed E-state index contributed by atoms with van der Waals surface area (Å²) in [5.74, 6) is -0.257. The molecule has 1 aliphatic heterocycles. The Bertz CT molecular complexity index is 1170. The molecule has 180 valence electrons. The van der Waals surface area contributed by atoms with Crippen LogP contribution in [0.2, 0.25) is 0 Å². The van der Waals surface area contributed by atoms with Gasteiger partial charge in [-0.25, -0.2) is 13.1 Å². The van der Waals surface area contributed by atoms with Crippen LogP contribution in [0.4, 0.5) is 5.69 Å². The van der Waals surface area contributed by atoms with Gasteiger partial charge in [-0.15, -0.1) is 12.4 Å². The number of morpholine rings is 1. The molecule has 0 saturated carbocycles. The number of nitrogens with zero attached hydrogens (tertiary/aromatic N) is 2. The van der Waals surface area contributed by atoms with Crippen LogP contribution in [-0.4, -0.2) is 50.5 Å². The lowest BCUT2D eigenvalue weighted by Crippen LogP contribution is -2.35. The van der Waals surface area contributed by atoms with E-state index in [4.69, 9.17) is 4.74 Å². The Morgan fingerprint density at radius 3 is 2.29 bits per heavy atom. The highest BCUT2D eigenvalue weighted by Crippen LogP contribution is 2.14. The van der Waals surface area contributed by atoms with E-state index in [1.54, 1.807) is 60.9 Å². The van der Waals surface area contributed by atoms with E-state index in [1.165, 1.54) is 0 Å². The predicted molar refractivity (Wildman–Crippen MR) is 132 cm³/mol. The molecule has 0 atom stereocenters. The number of sulfonamides is 1. The highest BCUT2D eigenvalue weighted by molar-refractivity contribution is 7.89. The standard InChI is InChI=1S/C24H26N4O4S.ClH/c29-24(27-22-2-1-11-25-17-22)21-7-3-19(4-8-21)16-26-33(30,31)23-9-5-20(6-10-23)18-28-12-14-32-15-13-28;/h1-11,17,26H,12-16,18H2,(H,27,29);1H. The zero-order valence-electron chi connectivity index (χ0n) is 18.5. The average molecular weight is 503 g/mol. The van der Waals surface area contributed by atoms with E-state index >= 15 is 0 Å². The highest BCUT2D eigenvalue weighted by atomic mass is 35.5. The molecule has 1 amide bonds. The number of carbonyl (C=O) groups is 1. The molecule has 0 radical (unpaired) electrons. The van der Waals surface area contributed by atoms with E-state index < -0.39 is 10.0 Å². The zero-order chi connectivity index (χ0) is 23.1. The Balaban J connectivity index is 0.00000324. The number of halogens is 1. The molecule has 2 N–H and O–H groups in total. The fraction of sp³-hybridized carbons (Fsp3) is 0.250. The summed E-state index contributed by atoms with van der Waals surface area (Å²) in [5.41, 5.74) is 2.90. The van der Waals surface area contributed by atoms with Crippen LogP contribution >= 0.6 is 12.4 Å². The van der Waals surface area contributed by atoms with Crippen molar-refractivity contribution in [1.82, 2.24) is 14.6 Å². The van der Waals surface area contributed by atoms with Gasteiger partial charge in [-0.1, -0.05) is 24.3 Å². The molecule has 1 saturated heterocycles. The van der Waals surface area contributed by atoms with E-state index in [0.717, 1.165) is 44.0 Å². The molecule has 3 aromatic rings. The smallest absolute Gasteiger partial charge is 0.255 e. The Morgan fingerprint density at radius 2 is 1.65 bits per heavy atom. The maximum atomic E-state index is 12.7. The number of ether oxygens (including phenoxy) is 1. The Labute approximate surface area is 205 Å². The van der Waals surface area contributed by atoms with Gasteiger partial charge in [0.15, 0.2) is 0 Å². The molecule has 2 heterocycles. The maximum Gasteiger partial charge on any atom is 0.255 e. The van der Waals surface area contributed by atoms with Crippen LogP contribution in [0, 0.1) is 0 Å². The van der Waals surface area contributed by atoms with Crippen LogP contribution in [0.1, 0.15) is 21.5 Å². The topological polar surface area (TPSA) is 101 Å². The van der Waals surface area contributed by atoms with Crippen molar-refractivity contribution in [3.8, 4) is 0 Å². The molecular formula is C24H27ClN4O4S. The molecule has 10 heteroatoms. The van der Waals surface area contributed by atoms with Crippen LogP contribution in [0.25, 0.3) is 0 Å². The van der Waals surface area contributed by atoms with E-state index in [-0.39, 0.29) is 29.8 Å². The van der Waals surface area contributed by atoms with Crippen molar-refractivity contribution in [2.45, 2.75) is 18.0 Å². The number of nitrogens with one attached hydrogen (secondary N) is 2. The van der Waals surface area contributed by atoms with E-state index in [1.807, 2.05) is 12.1 Å². The van der Waals surface area contributed by atoms with Gasteiger partial charge in [0.1, 0.15) is 0 Å². The number of benzene rings is 2. The van der Waals surface area contributed by atoms with Crippen LogP contribution in [0.5, 0.6) is 0 Å². The van der Waals surface area contributed by atoms with Crippen molar-refractivity contribution in [2.24, 2.45) is 0 Å². The lowest BCUT2D eigenvalue weighted by Gasteiger charge is -2.26. The van der Waals surface area contributed by atoms with Gasteiger partial charge in [0.25, 0.3) is 5.91 Å². The monoisotopic (exact) mass is 502 g/mol. The second-order valence-corrected chi connectivity index (χ2v) is 9.52. The Hall–Kier alpha value is -2.82. The summed E-state index contributed by atoms with van der Waals surface area (Å²) >= 11 is 0. The minimum Gasteiger partial charge on any atom is -0.379 e. The minimum absolute atomic E-state index is 0. The van der Waals surface area contributed by atoms with Crippen molar-refractivity contribution < 1.29 is 17.9 Å². The third-order valence-corrected chi connectivity index (χ3v) is 6.76. The second-order valence-electron chi connectivity index (χ2n) is 7.75. The van der Waals surface area contributed by atoms with Gasteiger partial charge in [0, 0.05) is 37.9 Å². The third-order valence-electron chi connectivity index (χ3n) is 5.35. The summed E-state index contributed by atoms with van der Waals surface area (Å²) in [6.07, 6.45) is 3.20. The summed E-state index contributed by atoms with van der Waals surface area (Å²) in [4.78, 5) is 18.8. The number of pyridine rings is 1. The van der Waals surface area contributed by atoms with Crippen molar-refractivity contribution in [2.75, 3.05) is 31.6 Å². The highest BCUT2D eigenvalue weighted by Gasteiger charge is 2.15. The first-order valence-electron chi connectivity index (χ1n) is 10.7. The fourth-order valence-electron chi connectivity index (χ4n) is 3.47. The summed E-state index contributed by atoms with van der Waals surface area (Å²) < 4.78 is 33.3. The van der Waals surface area contributed by atoms with Gasteiger partial charge in [-0.3, -0.25) is 14.7 Å². The number of carbonyl (C=O) groups excluding carboxylic acids is 1. The Kier molecular flexibility index (Phi) is 9.14. The first-order valence-corrected chi connectivity index (χ1v) is 12.2. The second kappa shape index (κ2) is 12.0. The van der Waals surface area contributed by atoms with Crippen molar-refractivity contribution in [3.05, 3.63) is 89.7 Å². The van der Waals surface area contributed by atoms with E-state index in [2.05, 4.69) is 19.9 Å². The van der Waals surface area contributed by atoms with Crippen molar-refractivity contribution in [3.63, 3.8) is 0 Å². The van der Waals surface area contributed by atoms with Crippen LogP contribution in [0.15, 0.2) is 78.0 Å². The van der Waals surface area contributed by atoms with Crippen molar-refractivity contribution in [1.29, 1.82) is 0 Å². The summed E-state index contributed by atoms with van der Waals surface area (Å²) in [7, 11) is -3.65. The first-order chi connectivity index (χ1) is 16.0. The number of hydrogen-bond acceptors (Lipinski definition) is 6. The molecule has 1 aliphatic rings. The normalized spacial score (nSPS) is 14.2. The molecule has 0 bridgehead atoms. The minimum atomic E-state index is -3.65. The number of amides is 1. The molecule has 4 rings (SSSR count). The van der Waals surface area contributed by atoms with Gasteiger partial charge < -0.3 is 10.1 Å². The predicted octanol–water partition coefficient (Wildman–Crippen LogP) is 3.07. The molecule has 1 aromatic heterocycles. The number of anilines is 1. The van der Waals surface area contributed by atoms with Crippen LogP contribution < -0.4 is 10.0 Å². The fourth-order valence-corrected chi connectivity index (χ4v) is 4.48. The molecule has 0 spiro atoms. The molecule has 0 aliphatic carbocycles. The van der Waals surface area contributed by atoms with Crippen LogP contribution in [-0.2, 0) is 27.8 Å². The molecule has 0 unspecified atom stereocenters. The number of aromatic nitrogens is 1. The first kappa shape index (κ1) is 25.8. The summed E-state index contributed by atoms with van der Waals surface area (Å²) in [6.45, 7) is 4.12. The number of hydrogen-bond donors (Lipinski definition) is 2. The van der Waals surface area contributed by atoms with Gasteiger partial charge >= 0.3 is 0 Å². The molecule has 8 nitrogen and oxygen atoms in total. The molecular weight excluding hydrogens is 476 g/mol. The maximum absolute atomic E-state index is 12.7. The van der Waals surface area contributed by atoms with Gasteiger partial charge in [0.2, 0.25) is 10.0 Å². The van der Waals surface area contributed by atoms with Crippen LogP contribution in [0.3, 0.4) is 0 Å². The molecule has 1 fully saturated rings. The number of rotatable bonds is 8.